The largest absolute Gasteiger partial charge is 0.493 e. The average molecular weight is 747 g/mol. The van der Waals surface area contributed by atoms with E-state index < -0.39 is 0 Å². The van der Waals surface area contributed by atoms with E-state index in [2.05, 4.69) is 88.1 Å². The van der Waals surface area contributed by atoms with E-state index in [0.717, 1.165) is 66.6 Å². The molecule has 0 amide bonds. The highest BCUT2D eigenvalue weighted by Gasteiger charge is 2.35. The molecule has 0 saturated heterocycles. The van der Waals surface area contributed by atoms with Crippen molar-refractivity contribution in [2.24, 2.45) is 0 Å². The van der Waals surface area contributed by atoms with Crippen LogP contribution >= 0.6 is 0 Å². The summed E-state index contributed by atoms with van der Waals surface area (Å²) in [4.78, 5) is 0. The van der Waals surface area contributed by atoms with Crippen LogP contribution in [0.5, 0.6) is 0 Å². The van der Waals surface area contributed by atoms with E-state index in [0.29, 0.717) is 0 Å². The molecule has 1 heterocycles. The molecule has 0 aromatic heterocycles. The Morgan fingerprint density at radius 3 is 1.18 bits per heavy atom. The van der Waals surface area contributed by atoms with Crippen molar-refractivity contribution >= 4 is 11.4 Å². The van der Waals surface area contributed by atoms with E-state index >= 15 is 0 Å². The number of nitrogens with zero attached hydrogens (tertiary/aromatic N) is 2. The third-order valence-electron chi connectivity index (χ3n) is 11.7. The third kappa shape index (κ3) is 18.3. The van der Waals surface area contributed by atoms with Gasteiger partial charge in [0.2, 0.25) is 11.4 Å². The van der Waals surface area contributed by atoms with Gasteiger partial charge in [-0.3, -0.25) is 0 Å². The highest BCUT2D eigenvalue weighted by Crippen LogP contribution is 2.42. The van der Waals surface area contributed by atoms with Crippen molar-refractivity contribution in [1.82, 2.24) is 0 Å². The van der Waals surface area contributed by atoms with Gasteiger partial charge >= 0.3 is 0 Å². The zero-order chi connectivity index (χ0) is 39.2. The van der Waals surface area contributed by atoms with Gasteiger partial charge in [-0.1, -0.05) is 211 Å². The van der Waals surface area contributed by atoms with Crippen LogP contribution < -0.4 is 0 Å². The van der Waals surface area contributed by atoms with Crippen LogP contribution in [0, 0.1) is 11.8 Å². The van der Waals surface area contributed by atoms with Crippen LogP contribution in [-0.4, -0.2) is 4.70 Å². The number of rotatable bonds is 32. The molecule has 0 radical (unpaired) electrons. The van der Waals surface area contributed by atoms with Crippen molar-refractivity contribution in [2.45, 2.75) is 227 Å². The van der Waals surface area contributed by atoms with E-state index in [1.54, 1.807) is 0 Å². The third-order valence-corrected chi connectivity index (χ3v) is 11.7. The maximum Gasteiger partial charge on any atom is 0.223 e. The van der Waals surface area contributed by atoms with Gasteiger partial charge in [0.25, 0.3) is 0 Å². The maximum absolute atomic E-state index is 12.1. The molecule has 0 spiro atoms. The summed E-state index contributed by atoms with van der Waals surface area (Å²) in [5.41, 5.74) is 21.0. The van der Waals surface area contributed by atoms with Gasteiger partial charge in [-0.25, -0.2) is 4.70 Å². The lowest BCUT2D eigenvalue weighted by molar-refractivity contribution is -0.345. The average Bonchev–Trinajstić information content (AvgIpc) is 3.48. The Labute approximate surface area is 341 Å². The number of allylic oxidation sites excluding steroid dienone is 2. The van der Waals surface area contributed by atoms with Gasteiger partial charge in [0.15, 0.2) is 0 Å². The smallest absolute Gasteiger partial charge is 0.223 e. The molecule has 0 bridgehead atoms. The van der Waals surface area contributed by atoms with Gasteiger partial charge in [-0.05, 0) is 80.3 Å². The van der Waals surface area contributed by atoms with E-state index in [4.69, 9.17) is 0 Å². The molecule has 0 fully saturated rings. The fourth-order valence-corrected chi connectivity index (χ4v) is 8.18. The van der Waals surface area contributed by atoms with E-state index in [1.165, 1.54) is 182 Å². The summed E-state index contributed by atoms with van der Waals surface area (Å²) in [6.45, 7) is 9.10. The molecule has 3 rings (SSSR count). The van der Waals surface area contributed by atoms with Crippen LogP contribution in [0.4, 0.5) is 0 Å². The minimum absolute atomic E-state index is 0.863. The van der Waals surface area contributed by atoms with Gasteiger partial charge in [-0.15, -0.1) is 0 Å². The predicted octanol–water partition coefficient (Wildman–Crippen LogP) is 17.3. The lowest BCUT2D eigenvalue weighted by Crippen LogP contribution is -2.03. The van der Waals surface area contributed by atoms with Gasteiger partial charge in [-0.2, -0.15) is 0 Å². The molecule has 2 aromatic rings. The van der Waals surface area contributed by atoms with Gasteiger partial charge in [0.05, 0.1) is 0 Å². The molecule has 0 unspecified atom stereocenters. The molecule has 0 atom stereocenters. The number of aryl methyl sites for hydroxylation is 2. The summed E-state index contributed by atoms with van der Waals surface area (Å²) in [5.74, 6) is 7.29. The number of hydrogen-bond donors (Lipinski definition) is 0. The number of hydrogen-bond acceptors (Lipinski definition) is 0. The van der Waals surface area contributed by atoms with E-state index in [-0.39, 0.29) is 0 Å². The Balaban J connectivity index is 1.62. The first-order chi connectivity index (χ1) is 27.1. The Hall–Kier alpha value is -2.92. The molecule has 2 nitrogen and oxygen atoms in total. The van der Waals surface area contributed by atoms with Crippen molar-refractivity contribution in [3.8, 4) is 11.8 Å². The van der Waals surface area contributed by atoms with E-state index in [9.17, 15) is 5.53 Å². The van der Waals surface area contributed by atoms with Crippen LogP contribution in [0.2, 0.25) is 0 Å². The Kier molecular flexibility index (Phi) is 25.6. The van der Waals surface area contributed by atoms with Crippen LogP contribution in [0.1, 0.15) is 236 Å². The SMILES string of the molecule is CCCCCCCCCCCCCCCCCCCC#CC1=C(c2ccc(CCCCC)cc2)[N+](=[N-])C(c2ccc(CCCCC)cc2)=C1CCCCCC. The lowest BCUT2D eigenvalue weighted by Gasteiger charge is -2.11. The molecule has 1 aliphatic rings. The van der Waals surface area contributed by atoms with Crippen LogP contribution in [0.15, 0.2) is 59.7 Å². The van der Waals surface area contributed by atoms with Crippen molar-refractivity contribution in [1.29, 1.82) is 0 Å². The molecular weight excluding hydrogens is 665 g/mol. The zero-order valence-corrected chi connectivity index (χ0v) is 36.4. The summed E-state index contributed by atoms with van der Waals surface area (Å²) in [7, 11) is 0. The fraction of sp³-hybridized carbons (Fsp3) is 0.660. The minimum Gasteiger partial charge on any atom is -0.493 e. The van der Waals surface area contributed by atoms with Gasteiger partial charge in [0.1, 0.15) is 5.57 Å². The molecule has 55 heavy (non-hydrogen) atoms. The molecular formula is C53H82N2. The van der Waals surface area contributed by atoms with Crippen molar-refractivity contribution < 1.29 is 4.70 Å². The monoisotopic (exact) mass is 747 g/mol. The fourth-order valence-electron chi connectivity index (χ4n) is 8.18. The molecule has 0 N–H and O–H groups in total. The van der Waals surface area contributed by atoms with Crippen LogP contribution in [0.3, 0.4) is 0 Å². The Morgan fingerprint density at radius 1 is 0.400 bits per heavy atom. The quantitative estimate of drug-likeness (QED) is 0.0405. The number of unbranched alkanes of at least 4 members (excludes halogenated alkanes) is 24. The first-order valence-corrected chi connectivity index (χ1v) is 23.8. The normalized spacial score (nSPS) is 12.9. The highest BCUT2D eigenvalue weighted by molar-refractivity contribution is 5.85. The van der Waals surface area contributed by atoms with Crippen molar-refractivity contribution in [3.63, 3.8) is 0 Å². The second kappa shape index (κ2) is 30.2. The topological polar surface area (TPSA) is 25.3 Å². The standard InChI is InChI=1S/C53H82N2/c1-5-9-13-15-16-17-18-19-20-21-22-23-24-25-26-27-28-29-33-37-51-50(36-32-14-10-6-2)52(48-42-38-46(39-43-48)34-30-11-7-3)55(54)53(51)49-44-40-47(41-45-49)35-31-12-8-4/h38-45H,5-32,34-36H2,1-4H3. The molecule has 0 aliphatic carbocycles. The first-order valence-electron chi connectivity index (χ1n) is 23.8. The zero-order valence-electron chi connectivity index (χ0n) is 36.4. The van der Waals surface area contributed by atoms with Gasteiger partial charge < -0.3 is 5.53 Å². The Morgan fingerprint density at radius 2 is 0.745 bits per heavy atom. The minimum atomic E-state index is 0.863. The molecule has 2 aromatic carbocycles. The molecule has 1 aliphatic heterocycles. The van der Waals surface area contributed by atoms with E-state index in [1.807, 2.05) is 0 Å². The summed E-state index contributed by atoms with van der Waals surface area (Å²) >= 11 is 0. The molecule has 2 heteroatoms. The Bertz CT molecular complexity index is 1430. The summed E-state index contributed by atoms with van der Waals surface area (Å²) in [6.07, 6.45) is 40.0. The summed E-state index contributed by atoms with van der Waals surface area (Å²) in [6, 6.07) is 18.0. The molecule has 0 saturated carbocycles. The highest BCUT2D eigenvalue weighted by atomic mass is 15.2. The lowest BCUT2D eigenvalue weighted by atomic mass is 9.94. The van der Waals surface area contributed by atoms with Crippen LogP contribution in [0.25, 0.3) is 16.9 Å². The predicted molar refractivity (Wildman–Crippen MR) is 242 cm³/mol. The van der Waals surface area contributed by atoms with Gasteiger partial charge in [0, 0.05) is 23.1 Å². The number of benzene rings is 2. The van der Waals surface area contributed by atoms with Crippen molar-refractivity contribution in [3.05, 3.63) is 87.5 Å². The second-order valence-electron chi connectivity index (χ2n) is 16.7. The summed E-state index contributed by atoms with van der Waals surface area (Å²) in [5, 5.41) is 0. The summed E-state index contributed by atoms with van der Waals surface area (Å²) < 4.78 is 1.49. The second-order valence-corrected chi connectivity index (χ2v) is 16.7. The molecule has 304 valence electrons. The first kappa shape index (κ1) is 46.5. The van der Waals surface area contributed by atoms with Crippen molar-refractivity contribution in [2.75, 3.05) is 0 Å². The maximum atomic E-state index is 12.1. The van der Waals surface area contributed by atoms with Crippen LogP contribution in [-0.2, 0) is 12.8 Å².